The Hall–Kier alpha value is -1.32. The number of methoxy groups -OCH3 is 1. The van der Waals surface area contributed by atoms with Crippen LogP contribution in [0.25, 0.3) is 0 Å². The standard InChI is InChI=1S/C18H22BrNO/c1-11-6-8-14(16(19)10-11)17(20-4)15-9-7-12(2)13(3)18(15)21-5/h6-10,17,20H,1-5H3. The molecule has 0 aliphatic rings. The predicted molar refractivity (Wildman–Crippen MR) is 92.2 cm³/mol. The number of halogens is 1. The first-order chi connectivity index (χ1) is 9.99. The summed E-state index contributed by atoms with van der Waals surface area (Å²) >= 11 is 3.68. The molecule has 21 heavy (non-hydrogen) atoms. The molecule has 0 amide bonds. The molecule has 0 heterocycles. The van der Waals surface area contributed by atoms with Crippen LogP contribution in [0.15, 0.2) is 34.8 Å². The van der Waals surface area contributed by atoms with Crippen molar-refractivity contribution in [3.63, 3.8) is 0 Å². The molecule has 2 rings (SSSR count). The van der Waals surface area contributed by atoms with E-state index in [1.54, 1.807) is 7.11 Å². The van der Waals surface area contributed by atoms with Gasteiger partial charge in [-0.1, -0.05) is 40.2 Å². The zero-order chi connectivity index (χ0) is 15.6. The van der Waals surface area contributed by atoms with Crippen molar-refractivity contribution in [1.82, 2.24) is 5.32 Å². The van der Waals surface area contributed by atoms with Crippen molar-refractivity contribution in [2.45, 2.75) is 26.8 Å². The van der Waals surface area contributed by atoms with E-state index >= 15 is 0 Å². The van der Waals surface area contributed by atoms with Crippen LogP contribution in [0.5, 0.6) is 5.75 Å². The van der Waals surface area contributed by atoms with Gasteiger partial charge in [-0.3, -0.25) is 0 Å². The van der Waals surface area contributed by atoms with Crippen LogP contribution >= 0.6 is 15.9 Å². The van der Waals surface area contributed by atoms with Crippen molar-refractivity contribution < 1.29 is 4.74 Å². The highest BCUT2D eigenvalue weighted by Gasteiger charge is 2.20. The van der Waals surface area contributed by atoms with Gasteiger partial charge in [0.15, 0.2) is 0 Å². The van der Waals surface area contributed by atoms with Crippen molar-refractivity contribution in [1.29, 1.82) is 0 Å². The molecule has 2 nitrogen and oxygen atoms in total. The van der Waals surface area contributed by atoms with E-state index in [9.17, 15) is 0 Å². The molecular formula is C18H22BrNO. The lowest BCUT2D eigenvalue weighted by Gasteiger charge is -2.23. The molecule has 0 radical (unpaired) electrons. The van der Waals surface area contributed by atoms with Crippen molar-refractivity contribution in [3.8, 4) is 5.75 Å². The molecule has 0 aliphatic heterocycles. The van der Waals surface area contributed by atoms with Crippen LogP contribution < -0.4 is 10.1 Å². The van der Waals surface area contributed by atoms with Crippen molar-refractivity contribution in [2.24, 2.45) is 0 Å². The highest BCUT2D eigenvalue weighted by Crippen LogP contribution is 2.36. The molecule has 0 aliphatic carbocycles. The van der Waals surface area contributed by atoms with E-state index in [1.165, 1.54) is 22.3 Å². The predicted octanol–water partition coefficient (Wildman–Crippen LogP) is 4.69. The van der Waals surface area contributed by atoms with Crippen LogP contribution in [0, 0.1) is 20.8 Å². The zero-order valence-corrected chi connectivity index (χ0v) is 14.8. The normalized spacial score (nSPS) is 12.3. The molecule has 0 fully saturated rings. The summed E-state index contributed by atoms with van der Waals surface area (Å²) in [5.41, 5.74) is 6.05. The SMILES string of the molecule is CNC(c1ccc(C)cc1Br)c1ccc(C)c(C)c1OC. The van der Waals surface area contributed by atoms with Gasteiger partial charge in [-0.2, -0.15) is 0 Å². The third kappa shape index (κ3) is 3.14. The number of aryl methyl sites for hydroxylation is 2. The quantitative estimate of drug-likeness (QED) is 0.865. The zero-order valence-electron chi connectivity index (χ0n) is 13.3. The molecule has 0 spiro atoms. The summed E-state index contributed by atoms with van der Waals surface area (Å²) in [6, 6.07) is 10.8. The molecular weight excluding hydrogens is 326 g/mol. The number of ether oxygens (including phenoxy) is 1. The molecule has 1 unspecified atom stereocenters. The van der Waals surface area contributed by atoms with Crippen molar-refractivity contribution >= 4 is 15.9 Å². The Morgan fingerprint density at radius 2 is 1.71 bits per heavy atom. The minimum Gasteiger partial charge on any atom is -0.496 e. The molecule has 0 bridgehead atoms. The molecule has 2 aromatic carbocycles. The summed E-state index contributed by atoms with van der Waals surface area (Å²) < 4.78 is 6.78. The summed E-state index contributed by atoms with van der Waals surface area (Å²) in [7, 11) is 3.72. The molecule has 112 valence electrons. The maximum atomic E-state index is 5.67. The Bertz CT molecular complexity index is 652. The third-order valence-electron chi connectivity index (χ3n) is 3.98. The van der Waals surface area contributed by atoms with E-state index in [2.05, 4.69) is 72.3 Å². The lowest BCUT2D eigenvalue weighted by atomic mass is 9.94. The number of nitrogens with one attached hydrogen (secondary N) is 1. The second-order valence-electron chi connectivity index (χ2n) is 5.38. The van der Waals surface area contributed by atoms with Crippen LogP contribution in [0.2, 0.25) is 0 Å². The van der Waals surface area contributed by atoms with Gasteiger partial charge in [0.05, 0.1) is 13.2 Å². The average molecular weight is 348 g/mol. The Labute approximate surface area is 135 Å². The second-order valence-corrected chi connectivity index (χ2v) is 6.23. The fourth-order valence-electron chi connectivity index (χ4n) is 2.65. The minimum absolute atomic E-state index is 0.0919. The maximum Gasteiger partial charge on any atom is 0.127 e. The fraction of sp³-hybridized carbons (Fsp3) is 0.333. The van der Waals surface area contributed by atoms with Crippen molar-refractivity contribution in [3.05, 3.63) is 62.6 Å². The van der Waals surface area contributed by atoms with E-state index < -0.39 is 0 Å². The monoisotopic (exact) mass is 347 g/mol. The van der Waals surface area contributed by atoms with Gasteiger partial charge in [0.1, 0.15) is 5.75 Å². The van der Waals surface area contributed by atoms with E-state index in [4.69, 9.17) is 4.74 Å². The summed E-state index contributed by atoms with van der Waals surface area (Å²) in [5, 5.41) is 3.41. The molecule has 0 saturated heterocycles. The van der Waals surface area contributed by atoms with Gasteiger partial charge in [-0.05, 0) is 56.1 Å². The van der Waals surface area contributed by atoms with E-state index in [1.807, 2.05) is 7.05 Å². The van der Waals surface area contributed by atoms with Crippen LogP contribution in [-0.2, 0) is 0 Å². The molecule has 2 aromatic rings. The van der Waals surface area contributed by atoms with Gasteiger partial charge in [0, 0.05) is 10.0 Å². The first-order valence-corrected chi connectivity index (χ1v) is 7.86. The number of hydrogen-bond acceptors (Lipinski definition) is 2. The Kier molecular flexibility index (Phi) is 5.07. The number of rotatable bonds is 4. The van der Waals surface area contributed by atoms with Gasteiger partial charge < -0.3 is 10.1 Å². The lowest BCUT2D eigenvalue weighted by Crippen LogP contribution is -2.19. The van der Waals surface area contributed by atoms with E-state index in [-0.39, 0.29) is 6.04 Å². The summed E-state index contributed by atoms with van der Waals surface area (Å²) in [5.74, 6) is 0.960. The number of hydrogen-bond donors (Lipinski definition) is 1. The van der Waals surface area contributed by atoms with Gasteiger partial charge >= 0.3 is 0 Å². The van der Waals surface area contributed by atoms with Crippen LogP contribution in [0.1, 0.15) is 33.9 Å². The Morgan fingerprint density at radius 3 is 2.29 bits per heavy atom. The first-order valence-electron chi connectivity index (χ1n) is 7.07. The summed E-state index contributed by atoms with van der Waals surface area (Å²) in [6.45, 7) is 6.31. The van der Waals surface area contributed by atoms with Crippen molar-refractivity contribution in [2.75, 3.05) is 14.2 Å². The number of benzene rings is 2. The average Bonchev–Trinajstić information content (AvgIpc) is 2.45. The molecule has 0 saturated carbocycles. The van der Waals surface area contributed by atoms with E-state index in [0.29, 0.717) is 0 Å². The molecule has 3 heteroatoms. The highest BCUT2D eigenvalue weighted by molar-refractivity contribution is 9.10. The van der Waals surface area contributed by atoms with Gasteiger partial charge in [0.25, 0.3) is 0 Å². The third-order valence-corrected chi connectivity index (χ3v) is 4.66. The van der Waals surface area contributed by atoms with Crippen LogP contribution in [0.3, 0.4) is 0 Å². The topological polar surface area (TPSA) is 21.3 Å². The minimum atomic E-state index is 0.0919. The van der Waals surface area contributed by atoms with Gasteiger partial charge in [0.2, 0.25) is 0 Å². The maximum absolute atomic E-state index is 5.67. The van der Waals surface area contributed by atoms with E-state index in [0.717, 1.165) is 15.8 Å². The Morgan fingerprint density at radius 1 is 1.05 bits per heavy atom. The van der Waals surface area contributed by atoms with Crippen LogP contribution in [-0.4, -0.2) is 14.2 Å². The fourth-order valence-corrected chi connectivity index (χ4v) is 3.38. The lowest BCUT2D eigenvalue weighted by molar-refractivity contribution is 0.402. The molecule has 0 aromatic heterocycles. The first kappa shape index (κ1) is 16.1. The Balaban J connectivity index is 2.59. The summed E-state index contributed by atoms with van der Waals surface area (Å²) in [4.78, 5) is 0. The molecule has 1 N–H and O–H groups in total. The highest BCUT2D eigenvalue weighted by atomic mass is 79.9. The van der Waals surface area contributed by atoms with Crippen LogP contribution in [0.4, 0.5) is 0 Å². The van der Waals surface area contributed by atoms with Gasteiger partial charge in [-0.25, -0.2) is 0 Å². The largest absolute Gasteiger partial charge is 0.496 e. The molecule has 1 atom stereocenters. The second kappa shape index (κ2) is 6.63. The summed E-state index contributed by atoms with van der Waals surface area (Å²) in [6.07, 6.45) is 0. The smallest absolute Gasteiger partial charge is 0.127 e. The van der Waals surface area contributed by atoms with Gasteiger partial charge in [-0.15, -0.1) is 0 Å².